The highest BCUT2D eigenvalue weighted by atomic mass is 35.7. The fraction of sp³-hybridized carbons (Fsp3) is 0.545. The van der Waals surface area contributed by atoms with Crippen LogP contribution in [0, 0.1) is 12.8 Å². The monoisotopic (exact) mass is 317 g/mol. The van der Waals surface area contributed by atoms with Crippen molar-refractivity contribution in [1.82, 2.24) is 24.3 Å². The van der Waals surface area contributed by atoms with E-state index in [-0.39, 0.29) is 5.03 Å². The zero-order chi connectivity index (χ0) is 14.9. The molecule has 0 aromatic carbocycles. The number of rotatable bonds is 5. The number of halogens is 1. The minimum Gasteiger partial charge on any atom is -0.326 e. The third kappa shape index (κ3) is 3.37. The molecule has 0 aliphatic heterocycles. The molecule has 7 nitrogen and oxygen atoms in total. The predicted molar refractivity (Wildman–Crippen MR) is 74.0 cm³/mol. The number of hydrogen-bond donors (Lipinski definition) is 0. The minimum atomic E-state index is -3.82. The highest BCUT2D eigenvalue weighted by Gasteiger charge is 2.17. The fourth-order valence-corrected chi connectivity index (χ4v) is 2.54. The minimum absolute atomic E-state index is 0.147. The van der Waals surface area contributed by atoms with Gasteiger partial charge >= 0.3 is 0 Å². The Labute approximate surface area is 122 Å². The molecule has 2 rings (SSSR count). The third-order valence-corrected chi connectivity index (χ3v) is 3.92. The maximum absolute atomic E-state index is 11.3. The lowest BCUT2D eigenvalue weighted by Crippen LogP contribution is -2.13. The van der Waals surface area contributed by atoms with Crippen molar-refractivity contribution in [2.45, 2.75) is 38.9 Å². The first-order chi connectivity index (χ1) is 9.27. The number of imidazole rings is 1. The molecule has 0 aliphatic rings. The summed E-state index contributed by atoms with van der Waals surface area (Å²) >= 11 is 0. The lowest BCUT2D eigenvalue weighted by Gasteiger charge is -2.09. The molecular formula is C11H16ClN5O2S. The van der Waals surface area contributed by atoms with Crippen LogP contribution in [0.15, 0.2) is 17.6 Å². The second kappa shape index (κ2) is 5.53. The summed E-state index contributed by atoms with van der Waals surface area (Å²) in [6.07, 6.45) is 2.90. The molecule has 0 unspecified atom stereocenters. The Morgan fingerprint density at radius 1 is 1.40 bits per heavy atom. The predicted octanol–water partition coefficient (Wildman–Crippen LogP) is 1.41. The third-order valence-electron chi connectivity index (χ3n) is 2.75. The SMILES string of the molecule is Cc1nc(S(=O)(=O)Cl)cn1Cc1ncnn1CC(C)C. The van der Waals surface area contributed by atoms with Crippen LogP contribution in [0.5, 0.6) is 0 Å². The van der Waals surface area contributed by atoms with E-state index in [1.165, 1.54) is 12.5 Å². The summed E-state index contributed by atoms with van der Waals surface area (Å²) in [5.41, 5.74) is 0. The van der Waals surface area contributed by atoms with E-state index in [4.69, 9.17) is 10.7 Å². The van der Waals surface area contributed by atoms with Gasteiger partial charge in [0.1, 0.15) is 18.0 Å². The van der Waals surface area contributed by atoms with Crippen LogP contribution >= 0.6 is 10.7 Å². The molecule has 0 fully saturated rings. The highest BCUT2D eigenvalue weighted by Crippen LogP contribution is 2.15. The fourth-order valence-electron chi connectivity index (χ4n) is 1.82. The zero-order valence-electron chi connectivity index (χ0n) is 11.5. The summed E-state index contributed by atoms with van der Waals surface area (Å²) in [4.78, 5) is 8.14. The Morgan fingerprint density at radius 2 is 2.10 bits per heavy atom. The second-order valence-electron chi connectivity index (χ2n) is 4.94. The van der Waals surface area contributed by atoms with Gasteiger partial charge in [-0.3, -0.25) is 0 Å². The molecule has 0 bridgehead atoms. The Balaban J connectivity index is 2.27. The maximum atomic E-state index is 11.3. The molecule has 2 aromatic rings. The van der Waals surface area contributed by atoms with E-state index < -0.39 is 9.05 Å². The molecule has 20 heavy (non-hydrogen) atoms. The maximum Gasteiger partial charge on any atom is 0.280 e. The van der Waals surface area contributed by atoms with Crippen molar-refractivity contribution in [3.63, 3.8) is 0 Å². The molecule has 2 aromatic heterocycles. The molecule has 0 saturated carbocycles. The quantitative estimate of drug-likeness (QED) is 0.779. The molecule has 2 heterocycles. The van der Waals surface area contributed by atoms with Gasteiger partial charge in [0.25, 0.3) is 9.05 Å². The topological polar surface area (TPSA) is 82.7 Å². The summed E-state index contributed by atoms with van der Waals surface area (Å²) in [5, 5.41) is 4.02. The summed E-state index contributed by atoms with van der Waals surface area (Å²) in [6, 6.07) is 0. The summed E-state index contributed by atoms with van der Waals surface area (Å²) in [6.45, 7) is 7.05. The average molecular weight is 318 g/mol. The van der Waals surface area contributed by atoms with Crippen molar-refractivity contribution in [3.05, 3.63) is 24.2 Å². The van der Waals surface area contributed by atoms with E-state index in [0.29, 0.717) is 18.3 Å². The van der Waals surface area contributed by atoms with E-state index in [1.54, 1.807) is 16.2 Å². The molecule has 0 N–H and O–H groups in total. The van der Waals surface area contributed by atoms with E-state index in [9.17, 15) is 8.42 Å². The zero-order valence-corrected chi connectivity index (χ0v) is 13.1. The van der Waals surface area contributed by atoms with Gasteiger partial charge in [-0.2, -0.15) is 5.10 Å². The van der Waals surface area contributed by atoms with Crippen molar-refractivity contribution in [1.29, 1.82) is 0 Å². The molecule has 0 aliphatic carbocycles. The van der Waals surface area contributed by atoms with E-state index in [2.05, 4.69) is 28.9 Å². The van der Waals surface area contributed by atoms with Gasteiger partial charge < -0.3 is 4.57 Å². The van der Waals surface area contributed by atoms with Crippen LogP contribution in [0.2, 0.25) is 0 Å². The van der Waals surface area contributed by atoms with Crippen LogP contribution in [0.25, 0.3) is 0 Å². The smallest absolute Gasteiger partial charge is 0.280 e. The first-order valence-corrected chi connectivity index (χ1v) is 8.43. The number of aryl methyl sites for hydroxylation is 1. The van der Waals surface area contributed by atoms with Crippen LogP contribution in [0.1, 0.15) is 25.5 Å². The molecule has 0 spiro atoms. The lowest BCUT2D eigenvalue weighted by molar-refractivity contribution is 0.460. The number of hydrogen-bond acceptors (Lipinski definition) is 5. The van der Waals surface area contributed by atoms with Gasteiger partial charge in [-0.25, -0.2) is 23.1 Å². The average Bonchev–Trinajstić information content (AvgIpc) is 2.87. The van der Waals surface area contributed by atoms with E-state index >= 15 is 0 Å². The van der Waals surface area contributed by atoms with E-state index in [1.807, 2.05) is 0 Å². The lowest BCUT2D eigenvalue weighted by atomic mass is 10.2. The first kappa shape index (κ1) is 15.0. The summed E-state index contributed by atoms with van der Waals surface area (Å²) < 4.78 is 26.0. The van der Waals surface area contributed by atoms with Crippen LogP contribution in [-0.4, -0.2) is 32.7 Å². The molecule has 9 heteroatoms. The van der Waals surface area contributed by atoms with Crippen LogP contribution in [-0.2, 0) is 22.1 Å². The van der Waals surface area contributed by atoms with E-state index in [0.717, 1.165) is 12.4 Å². The summed E-state index contributed by atoms with van der Waals surface area (Å²) in [7, 11) is 1.47. The van der Waals surface area contributed by atoms with Crippen molar-refractivity contribution in [3.8, 4) is 0 Å². The van der Waals surface area contributed by atoms with Crippen molar-refractivity contribution < 1.29 is 8.42 Å². The highest BCUT2D eigenvalue weighted by molar-refractivity contribution is 8.13. The van der Waals surface area contributed by atoms with Crippen LogP contribution < -0.4 is 0 Å². The van der Waals surface area contributed by atoms with Gasteiger partial charge in [0.2, 0.25) is 0 Å². The van der Waals surface area contributed by atoms with Gasteiger partial charge in [-0.1, -0.05) is 13.8 Å². The molecule has 0 atom stereocenters. The molecule has 0 saturated heterocycles. The molecule has 0 amide bonds. The van der Waals surface area contributed by atoms with Crippen molar-refractivity contribution >= 4 is 19.7 Å². The normalized spacial score (nSPS) is 12.2. The standard InChI is InChI=1S/C11H16ClN5O2S/c1-8(2)4-17-10(13-7-14-17)5-16-6-11(15-9(16)3)20(12,18)19/h6-8H,4-5H2,1-3H3. The summed E-state index contributed by atoms with van der Waals surface area (Å²) in [5.74, 6) is 1.75. The number of nitrogens with zero attached hydrogens (tertiary/aromatic N) is 5. The van der Waals surface area contributed by atoms with Gasteiger partial charge in [0.15, 0.2) is 5.03 Å². The van der Waals surface area contributed by atoms with Gasteiger partial charge in [0, 0.05) is 23.4 Å². The first-order valence-electron chi connectivity index (χ1n) is 6.12. The van der Waals surface area contributed by atoms with Gasteiger partial charge in [0.05, 0.1) is 6.54 Å². The largest absolute Gasteiger partial charge is 0.326 e. The van der Waals surface area contributed by atoms with Gasteiger partial charge in [-0.15, -0.1) is 0 Å². The molecule has 110 valence electrons. The number of aromatic nitrogens is 5. The Hall–Kier alpha value is -1.41. The van der Waals surface area contributed by atoms with Crippen molar-refractivity contribution in [2.75, 3.05) is 0 Å². The van der Waals surface area contributed by atoms with Crippen molar-refractivity contribution in [2.24, 2.45) is 5.92 Å². The van der Waals surface area contributed by atoms with Crippen LogP contribution in [0.3, 0.4) is 0 Å². The Kier molecular flexibility index (Phi) is 4.14. The second-order valence-corrected chi connectivity index (χ2v) is 7.46. The molecular weight excluding hydrogens is 302 g/mol. The van der Waals surface area contributed by atoms with Gasteiger partial charge in [-0.05, 0) is 12.8 Å². The van der Waals surface area contributed by atoms with Crippen LogP contribution in [0.4, 0.5) is 0 Å². The Morgan fingerprint density at radius 3 is 2.65 bits per heavy atom. The molecule has 0 radical (unpaired) electrons. The Bertz CT molecular complexity index is 704.